The first-order valence-electron chi connectivity index (χ1n) is 12.8. The van der Waals surface area contributed by atoms with Crippen molar-refractivity contribution >= 4 is 62.4 Å². The van der Waals surface area contributed by atoms with E-state index >= 15 is 0 Å². The number of piperidine rings is 1. The molecule has 2 aliphatic rings. The van der Waals surface area contributed by atoms with Gasteiger partial charge in [0.25, 0.3) is 5.91 Å². The summed E-state index contributed by atoms with van der Waals surface area (Å²) in [7, 11) is -3.82. The average Bonchev–Trinajstić information content (AvgIpc) is 2.95. The zero-order valence-corrected chi connectivity index (χ0v) is 24.3. The summed E-state index contributed by atoms with van der Waals surface area (Å²) in [5, 5.41) is 0.482. The molecular formula is C29H27ClN2O6S2. The maximum atomic E-state index is 13.7. The third kappa shape index (κ3) is 5.54. The van der Waals surface area contributed by atoms with Crippen molar-refractivity contribution in [1.29, 1.82) is 0 Å². The Hall–Kier alpha value is -3.18. The number of carbonyl (C=O) groups excluding carboxylic acids is 3. The number of nitrogens with zero attached hydrogens (tertiary/aromatic N) is 2. The van der Waals surface area contributed by atoms with Crippen molar-refractivity contribution in [2.45, 2.75) is 47.5 Å². The van der Waals surface area contributed by atoms with Crippen LogP contribution >= 0.6 is 23.4 Å². The fourth-order valence-electron chi connectivity index (χ4n) is 4.82. The molecule has 5 rings (SSSR count). The van der Waals surface area contributed by atoms with Gasteiger partial charge in [-0.1, -0.05) is 47.6 Å². The minimum Gasteiger partial charge on any atom is -0.452 e. The van der Waals surface area contributed by atoms with E-state index in [9.17, 15) is 22.8 Å². The first-order valence-corrected chi connectivity index (χ1v) is 15.4. The molecule has 11 heteroatoms. The lowest BCUT2D eigenvalue weighted by atomic mass is 9.98. The van der Waals surface area contributed by atoms with Crippen molar-refractivity contribution in [1.82, 2.24) is 4.31 Å². The van der Waals surface area contributed by atoms with Crippen LogP contribution in [0.2, 0.25) is 5.02 Å². The van der Waals surface area contributed by atoms with E-state index in [1.165, 1.54) is 53.0 Å². The van der Waals surface area contributed by atoms with Crippen molar-refractivity contribution in [3.05, 3.63) is 77.3 Å². The van der Waals surface area contributed by atoms with Gasteiger partial charge in [0, 0.05) is 33.5 Å². The molecule has 8 nitrogen and oxygen atoms in total. The number of Topliss-reactive ketones (excluding diaryl/α,β-unsaturated/α-hetero) is 1. The standard InChI is InChI=1S/C29H27ClN2O6S2/c1-18(33)21-6-5-7-23(16-21)40(36,37)31-14-12-20(13-15-31)29(35)38-19(2)28(34)32-24-8-3-4-9-26(24)39-27-11-10-22(30)17-25(27)32/h3-11,16-17,19-20H,12-15H2,1-2H3/t19-/m0/s1. The fourth-order valence-corrected chi connectivity index (χ4v) is 7.55. The second-order valence-corrected chi connectivity index (χ2v) is 13.2. The number of hydrogen-bond donors (Lipinski definition) is 0. The van der Waals surface area contributed by atoms with Crippen molar-refractivity contribution in [2.24, 2.45) is 5.92 Å². The number of esters is 1. The number of hydrogen-bond acceptors (Lipinski definition) is 7. The van der Waals surface area contributed by atoms with Crippen LogP contribution < -0.4 is 4.90 Å². The number of para-hydroxylation sites is 1. The Morgan fingerprint density at radius 1 is 0.950 bits per heavy atom. The normalized spacial score (nSPS) is 16.5. The molecule has 2 aliphatic heterocycles. The Bertz CT molecular complexity index is 1600. The van der Waals surface area contributed by atoms with Gasteiger partial charge in [0.1, 0.15) is 0 Å². The monoisotopic (exact) mass is 598 g/mol. The average molecular weight is 599 g/mol. The Morgan fingerprint density at radius 2 is 1.65 bits per heavy atom. The van der Waals surface area contributed by atoms with Gasteiger partial charge in [-0.25, -0.2) is 8.42 Å². The highest BCUT2D eigenvalue weighted by Gasteiger charge is 2.36. The number of benzene rings is 3. The molecule has 1 atom stereocenters. The summed E-state index contributed by atoms with van der Waals surface area (Å²) in [5.41, 5.74) is 1.62. The molecule has 0 spiro atoms. The van der Waals surface area contributed by atoms with Gasteiger partial charge < -0.3 is 4.74 Å². The van der Waals surface area contributed by atoms with Crippen LogP contribution in [0.15, 0.2) is 81.4 Å². The van der Waals surface area contributed by atoms with E-state index < -0.39 is 33.9 Å². The second-order valence-electron chi connectivity index (χ2n) is 9.70. The topological polar surface area (TPSA) is 101 Å². The summed E-state index contributed by atoms with van der Waals surface area (Å²) in [6.07, 6.45) is -0.563. The molecule has 1 saturated heterocycles. The largest absolute Gasteiger partial charge is 0.452 e. The maximum absolute atomic E-state index is 13.7. The van der Waals surface area contributed by atoms with E-state index in [1.54, 1.807) is 18.2 Å². The molecule has 0 radical (unpaired) electrons. The van der Waals surface area contributed by atoms with Crippen LogP contribution in [0.1, 0.15) is 37.0 Å². The zero-order chi connectivity index (χ0) is 28.6. The van der Waals surface area contributed by atoms with Gasteiger partial charge in [-0.15, -0.1) is 0 Å². The highest BCUT2D eigenvalue weighted by atomic mass is 35.5. The SMILES string of the molecule is CC(=O)c1cccc(S(=O)(=O)N2CCC(C(=O)O[C@@H](C)C(=O)N3c4ccccc4Sc4ccc(Cl)cc43)CC2)c1. The predicted molar refractivity (Wildman–Crippen MR) is 153 cm³/mol. The quantitative estimate of drug-likeness (QED) is 0.265. The molecule has 40 heavy (non-hydrogen) atoms. The molecule has 0 saturated carbocycles. The molecule has 208 valence electrons. The smallest absolute Gasteiger partial charge is 0.309 e. The van der Waals surface area contributed by atoms with Crippen molar-refractivity contribution in [3.8, 4) is 0 Å². The number of fused-ring (bicyclic) bond motifs is 2. The number of amides is 1. The molecule has 0 N–H and O–H groups in total. The number of carbonyl (C=O) groups is 3. The number of halogens is 1. The number of ketones is 1. The minimum absolute atomic E-state index is 0.0424. The molecule has 3 aromatic carbocycles. The minimum atomic E-state index is -3.82. The first kappa shape index (κ1) is 28.4. The highest BCUT2D eigenvalue weighted by molar-refractivity contribution is 7.99. The molecule has 3 aromatic rings. The lowest BCUT2D eigenvalue weighted by Gasteiger charge is -2.33. The van der Waals surface area contributed by atoms with Crippen LogP contribution in [0.25, 0.3) is 0 Å². The molecule has 2 heterocycles. The summed E-state index contributed by atoms with van der Waals surface area (Å²) in [4.78, 5) is 41.7. The summed E-state index contributed by atoms with van der Waals surface area (Å²) < 4.78 is 33.2. The molecule has 0 unspecified atom stereocenters. The lowest BCUT2D eigenvalue weighted by Crippen LogP contribution is -2.43. The van der Waals surface area contributed by atoms with Crippen LogP contribution in [0.4, 0.5) is 11.4 Å². The van der Waals surface area contributed by atoms with Gasteiger partial charge in [0.2, 0.25) is 10.0 Å². The Morgan fingerprint density at radius 3 is 2.38 bits per heavy atom. The fraction of sp³-hybridized carbons (Fsp3) is 0.276. The van der Waals surface area contributed by atoms with Gasteiger partial charge in [-0.3, -0.25) is 19.3 Å². The Labute approximate surface area is 242 Å². The molecule has 1 amide bonds. The zero-order valence-electron chi connectivity index (χ0n) is 21.9. The van der Waals surface area contributed by atoms with Crippen LogP contribution in [0.5, 0.6) is 0 Å². The molecule has 0 aromatic heterocycles. The van der Waals surface area contributed by atoms with E-state index in [1.807, 2.05) is 30.3 Å². The van der Waals surface area contributed by atoms with E-state index in [0.29, 0.717) is 22.0 Å². The Balaban J connectivity index is 1.26. The summed E-state index contributed by atoms with van der Waals surface area (Å²) >= 11 is 7.78. The Kier molecular flexibility index (Phi) is 8.05. The number of anilines is 2. The van der Waals surface area contributed by atoms with E-state index in [4.69, 9.17) is 16.3 Å². The van der Waals surface area contributed by atoms with Gasteiger partial charge in [0.15, 0.2) is 11.9 Å². The highest BCUT2D eigenvalue weighted by Crippen LogP contribution is 2.49. The van der Waals surface area contributed by atoms with Crippen LogP contribution in [-0.4, -0.2) is 49.6 Å². The van der Waals surface area contributed by atoms with Crippen LogP contribution in [-0.2, 0) is 24.3 Å². The van der Waals surface area contributed by atoms with Gasteiger partial charge in [-0.2, -0.15) is 4.31 Å². The molecule has 0 bridgehead atoms. The molecule has 1 fully saturated rings. The third-order valence-electron chi connectivity index (χ3n) is 7.01. The summed E-state index contributed by atoms with van der Waals surface area (Å²) in [6.45, 7) is 3.16. The lowest BCUT2D eigenvalue weighted by molar-refractivity contribution is -0.158. The van der Waals surface area contributed by atoms with E-state index in [2.05, 4.69) is 0 Å². The van der Waals surface area contributed by atoms with Crippen LogP contribution in [0, 0.1) is 5.92 Å². The van der Waals surface area contributed by atoms with Gasteiger partial charge >= 0.3 is 5.97 Å². The molecule has 0 aliphatic carbocycles. The summed E-state index contributed by atoms with van der Waals surface area (Å²) in [5.74, 6) is -1.71. The first-order chi connectivity index (χ1) is 19.1. The second kappa shape index (κ2) is 11.4. The van der Waals surface area contributed by atoms with Gasteiger partial charge in [-0.05, 0) is 69.2 Å². The van der Waals surface area contributed by atoms with Crippen molar-refractivity contribution in [3.63, 3.8) is 0 Å². The summed E-state index contributed by atoms with van der Waals surface area (Å²) in [6, 6.07) is 18.8. The predicted octanol–water partition coefficient (Wildman–Crippen LogP) is 5.70. The van der Waals surface area contributed by atoms with Gasteiger partial charge in [0.05, 0.1) is 22.2 Å². The number of rotatable bonds is 6. The van der Waals surface area contributed by atoms with Crippen molar-refractivity contribution in [2.75, 3.05) is 18.0 Å². The molecular weight excluding hydrogens is 572 g/mol. The van der Waals surface area contributed by atoms with Crippen LogP contribution in [0.3, 0.4) is 0 Å². The maximum Gasteiger partial charge on any atom is 0.309 e. The van der Waals surface area contributed by atoms with E-state index in [-0.39, 0.29) is 36.6 Å². The van der Waals surface area contributed by atoms with E-state index in [0.717, 1.165) is 9.79 Å². The van der Waals surface area contributed by atoms with Crippen molar-refractivity contribution < 1.29 is 27.5 Å². The number of ether oxygens (including phenoxy) is 1. The third-order valence-corrected chi connectivity index (χ3v) is 10.3. The number of sulfonamides is 1.